The van der Waals surface area contributed by atoms with Gasteiger partial charge in [-0.2, -0.15) is 5.10 Å². The molecule has 110 valence electrons. The highest BCUT2D eigenvalue weighted by Crippen LogP contribution is 2.25. The molecule has 6 heteroatoms. The molecule has 0 saturated carbocycles. The zero-order valence-electron chi connectivity index (χ0n) is 12.1. The van der Waals surface area contributed by atoms with Crippen molar-refractivity contribution in [3.8, 4) is 0 Å². The fraction of sp³-hybridized carbons (Fsp3) is 0.333. The second-order valence-corrected chi connectivity index (χ2v) is 5.80. The zero-order chi connectivity index (χ0) is 15.0. The van der Waals surface area contributed by atoms with Gasteiger partial charge in [0.1, 0.15) is 5.82 Å². The number of aromatic nitrogens is 3. The molecule has 1 aromatic heterocycles. The Bertz CT molecular complexity index is 758. The maximum atomic E-state index is 12.4. The van der Waals surface area contributed by atoms with Gasteiger partial charge in [-0.3, -0.25) is 4.57 Å². The van der Waals surface area contributed by atoms with Crippen LogP contribution in [0.15, 0.2) is 23.0 Å². The maximum absolute atomic E-state index is 12.4. The number of nitrogens with zero attached hydrogens (tertiary/aromatic N) is 4. The minimum absolute atomic E-state index is 0.105. The second kappa shape index (κ2) is 5.50. The third-order valence-electron chi connectivity index (χ3n) is 3.59. The van der Waals surface area contributed by atoms with Gasteiger partial charge in [0, 0.05) is 24.2 Å². The van der Waals surface area contributed by atoms with Crippen LogP contribution in [0.25, 0.3) is 12.3 Å². The van der Waals surface area contributed by atoms with E-state index in [-0.39, 0.29) is 5.69 Å². The predicted molar refractivity (Wildman–Crippen MR) is 84.5 cm³/mol. The molecular weight excluding hydrogens is 288 g/mol. The van der Waals surface area contributed by atoms with Gasteiger partial charge in [0.15, 0.2) is 0 Å². The molecular formula is C15H17ClN4O. The van der Waals surface area contributed by atoms with Crippen LogP contribution in [0.5, 0.6) is 0 Å². The zero-order valence-corrected chi connectivity index (χ0v) is 12.8. The molecule has 1 aromatic carbocycles. The maximum Gasteiger partial charge on any atom is 0.350 e. The summed E-state index contributed by atoms with van der Waals surface area (Å²) >= 11 is 6.27. The van der Waals surface area contributed by atoms with E-state index in [9.17, 15) is 4.79 Å². The Balaban J connectivity index is 2.00. The molecule has 0 atom stereocenters. The quantitative estimate of drug-likeness (QED) is 0.741. The van der Waals surface area contributed by atoms with Gasteiger partial charge in [0.05, 0.1) is 6.54 Å². The average Bonchev–Trinajstić information content (AvgIpc) is 2.62. The lowest BCUT2D eigenvalue weighted by Crippen LogP contribution is -2.27. The monoisotopic (exact) mass is 304 g/mol. The molecule has 0 spiro atoms. The Kier molecular flexibility index (Phi) is 3.69. The molecule has 0 saturated heterocycles. The third-order valence-corrected chi connectivity index (χ3v) is 3.95. The van der Waals surface area contributed by atoms with Gasteiger partial charge in [-0.25, -0.2) is 9.48 Å². The number of hydrogen-bond acceptors (Lipinski definition) is 3. The first-order valence-corrected chi connectivity index (χ1v) is 7.22. The van der Waals surface area contributed by atoms with E-state index in [2.05, 4.69) is 5.10 Å². The van der Waals surface area contributed by atoms with E-state index in [4.69, 9.17) is 11.6 Å². The molecule has 1 aliphatic rings. The van der Waals surface area contributed by atoms with Crippen molar-refractivity contribution in [2.24, 2.45) is 0 Å². The number of likely N-dealkylation sites (N-methyl/N-ethyl adjacent to an activating group) is 1. The van der Waals surface area contributed by atoms with Crippen LogP contribution in [0.3, 0.4) is 0 Å². The summed E-state index contributed by atoms with van der Waals surface area (Å²) in [6.45, 7) is 1.35. The second-order valence-electron chi connectivity index (χ2n) is 5.40. The lowest BCUT2D eigenvalue weighted by molar-refractivity contribution is 0.369. The fourth-order valence-electron chi connectivity index (χ4n) is 2.41. The van der Waals surface area contributed by atoms with E-state index in [1.54, 1.807) is 10.8 Å². The molecule has 1 aliphatic heterocycles. The van der Waals surface area contributed by atoms with E-state index in [1.165, 1.54) is 4.68 Å². The summed E-state index contributed by atoms with van der Waals surface area (Å²) in [5.41, 5.74) is 1.94. The van der Waals surface area contributed by atoms with Crippen LogP contribution in [-0.2, 0) is 13.0 Å². The number of rotatable bonds is 3. The van der Waals surface area contributed by atoms with Crippen LogP contribution >= 0.6 is 11.6 Å². The highest BCUT2D eigenvalue weighted by molar-refractivity contribution is 6.31. The van der Waals surface area contributed by atoms with Crippen molar-refractivity contribution in [1.82, 2.24) is 19.2 Å². The van der Waals surface area contributed by atoms with Crippen LogP contribution in [0.2, 0.25) is 5.02 Å². The summed E-state index contributed by atoms with van der Waals surface area (Å²) in [5, 5.41) is 5.16. The molecule has 0 radical (unpaired) electrons. The van der Waals surface area contributed by atoms with Crippen molar-refractivity contribution >= 4 is 23.9 Å². The highest BCUT2D eigenvalue weighted by Gasteiger charge is 2.17. The minimum atomic E-state index is -0.105. The summed E-state index contributed by atoms with van der Waals surface area (Å²) in [7, 11) is 3.95. The molecule has 5 nitrogen and oxygen atoms in total. The Morgan fingerprint density at radius 1 is 1.38 bits per heavy atom. The van der Waals surface area contributed by atoms with Gasteiger partial charge in [0.2, 0.25) is 0 Å². The van der Waals surface area contributed by atoms with E-state index in [0.717, 1.165) is 23.5 Å². The summed E-state index contributed by atoms with van der Waals surface area (Å²) < 4.78 is 3.12. The molecule has 0 fully saturated rings. The largest absolute Gasteiger partial charge is 0.350 e. The molecule has 0 aliphatic carbocycles. The number of hydrogen-bond donors (Lipinski definition) is 0. The smallest absolute Gasteiger partial charge is 0.308 e. The van der Waals surface area contributed by atoms with Gasteiger partial charge in [-0.1, -0.05) is 23.7 Å². The number of benzene rings is 1. The summed E-state index contributed by atoms with van der Waals surface area (Å²) in [6, 6.07) is 5.77. The Hall–Kier alpha value is -1.85. The van der Waals surface area contributed by atoms with Gasteiger partial charge in [0.25, 0.3) is 0 Å². The third kappa shape index (κ3) is 2.66. The lowest BCUT2D eigenvalue weighted by Gasteiger charge is -2.08. The van der Waals surface area contributed by atoms with Crippen molar-refractivity contribution in [3.05, 3.63) is 50.7 Å². The molecule has 0 unspecified atom stereocenters. The van der Waals surface area contributed by atoms with E-state index in [0.29, 0.717) is 18.0 Å². The standard InChI is InChI=1S/C15H17ClN4O/c1-18(2)8-9-20-15(21)19-7-6-11-4-3-5-13(16)12(11)10-14(19)17-20/h3-7H,8-10H2,1-2H3. The Morgan fingerprint density at radius 3 is 2.95 bits per heavy atom. The Labute approximate surface area is 128 Å². The van der Waals surface area contributed by atoms with Gasteiger partial charge in [-0.05, 0) is 37.4 Å². The lowest BCUT2D eigenvalue weighted by atomic mass is 10.0. The van der Waals surface area contributed by atoms with Crippen LogP contribution in [0.1, 0.15) is 17.0 Å². The molecule has 2 aromatic rings. The highest BCUT2D eigenvalue weighted by atomic mass is 35.5. The minimum Gasteiger partial charge on any atom is -0.308 e. The molecule has 2 heterocycles. The molecule has 0 bridgehead atoms. The van der Waals surface area contributed by atoms with E-state index < -0.39 is 0 Å². The van der Waals surface area contributed by atoms with Gasteiger partial charge < -0.3 is 4.90 Å². The van der Waals surface area contributed by atoms with Crippen molar-refractivity contribution in [1.29, 1.82) is 0 Å². The summed E-state index contributed by atoms with van der Waals surface area (Å²) in [4.78, 5) is 14.4. The van der Waals surface area contributed by atoms with E-state index >= 15 is 0 Å². The average molecular weight is 305 g/mol. The topological polar surface area (TPSA) is 43.1 Å². The van der Waals surface area contributed by atoms with Crippen molar-refractivity contribution < 1.29 is 0 Å². The summed E-state index contributed by atoms with van der Waals surface area (Å²) in [5.74, 6) is 0.724. The van der Waals surface area contributed by atoms with Gasteiger partial charge >= 0.3 is 5.69 Å². The summed E-state index contributed by atoms with van der Waals surface area (Å²) in [6.07, 6.45) is 4.25. The molecule has 0 amide bonds. The predicted octanol–water partition coefficient (Wildman–Crippen LogP) is 1.79. The SMILES string of the molecule is CN(C)CCn1nc2n(c1=O)C=Cc1cccc(Cl)c1C2. The first-order chi connectivity index (χ1) is 10.1. The first kappa shape index (κ1) is 14.1. The Morgan fingerprint density at radius 2 is 2.19 bits per heavy atom. The molecule has 3 rings (SSSR count). The fourth-order valence-corrected chi connectivity index (χ4v) is 2.66. The van der Waals surface area contributed by atoms with Crippen molar-refractivity contribution in [2.45, 2.75) is 13.0 Å². The van der Waals surface area contributed by atoms with Crippen molar-refractivity contribution in [2.75, 3.05) is 20.6 Å². The van der Waals surface area contributed by atoms with Crippen molar-refractivity contribution in [3.63, 3.8) is 0 Å². The van der Waals surface area contributed by atoms with Gasteiger partial charge in [-0.15, -0.1) is 0 Å². The first-order valence-electron chi connectivity index (χ1n) is 6.85. The van der Waals surface area contributed by atoms with Crippen LogP contribution in [0, 0.1) is 0 Å². The number of halogens is 1. The molecule has 0 N–H and O–H groups in total. The normalized spacial score (nSPS) is 13.1. The van der Waals surface area contributed by atoms with E-state index in [1.807, 2.05) is 43.3 Å². The number of fused-ring (bicyclic) bond motifs is 2. The van der Waals surface area contributed by atoms with Crippen LogP contribution in [-0.4, -0.2) is 39.9 Å². The molecule has 21 heavy (non-hydrogen) atoms. The van der Waals surface area contributed by atoms with Crippen LogP contribution in [0.4, 0.5) is 0 Å². The van der Waals surface area contributed by atoms with Crippen LogP contribution < -0.4 is 5.69 Å².